The molecule has 0 amide bonds. The van der Waals surface area contributed by atoms with Gasteiger partial charge in [0.15, 0.2) is 5.96 Å². The second-order valence-electron chi connectivity index (χ2n) is 6.40. The summed E-state index contributed by atoms with van der Waals surface area (Å²) in [5, 5.41) is 3.26. The van der Waals surface area contributed by atoms with Crippen LogP contribution in [0.5, 0.6) is 0 Å². The fourth-order valence-corrected chi connectivity index (χ4v) is 3.16. The molecule has 8 heteroatoms. The minimum Gasteiger partial charge on any atom is -0.357 e. The fourth-order valence-electron chi connectivity index (χ4n) is 3.16. The first-order valence-electron chi connectivity index (χ1n) is 8.56. The summed E-state index contributed by atoms with van der Waals surface area (Å²) in [4.78, 5) is 10.4. The molecule has 0 spiro atoms. The van der Waals surface area contributed by atoms with Crippen LogP contribution in [0.1, 0.15) is 13.3 Å². The van der Waals surface area contributed by atoms with E-state index in [0.717, 1.165) is 45.1 Å². The number of likely N-dealkylation sites (N-methyl/N-ethyl adjacent to an activating group) is 1. The van der Waals surface area contributed by atoms with Gasteiger partial charge in [0.05, 0.1) is 13.1 Å². The van der Waals surface area contributed by atoms with Crippen LogP contribution in [0.15, 0.2) is 17.1 Å². The summed E-state index contributed by atoms with van der Waals surface area (Å²) in [6, 6.07) is 0.525. The van der Waals surface area contributed by atoms with Gasteiger partial charge in [-0.3, -0.25) is 14.8 Å². The predicted octanol–water partition coefficient (Wildman–Crippen LogP) is 1.39. The third-order valence-corrected chi connectivity index (χ3v) is 4.35. The molecule has 0 radical (unpaired) electrons. The summed E-state index contributed by atoms with van der Waals surface area (Å²) in [6.07, 6.45) is 1.33. The first-order chi connectivity index (χ1) is 11.4. The van der Waals surface area contributed by atoms with Crippen LogP contribution in [-0.2, 0) is 0 Å². The zero-order valence-electron chi connectivity index (χ0n) is 14.5. The van der Waals surface area contributed by atoms with Crippen LogP contribution in [0.3, 0.4) is 0 Å². The number of rotatable bonds is 6. The molecule has 1 atom stereocenters. The van der Waals surface area contributed by atoms with Crippen molar-refractivity contribution in [3.8, 4) is 0 Å². The number of hydrogen-bond acceptors (Lipinski definition) is 3. The Balaban J connectivity index is 1.82. The predicted molar refractivity (Wildman–Crippen MR) is 90.2 cm³/mol. The van der Waals surface area contributed by atoms with E-state index in [4.69, 9.17) is 0 Å². The molecule has 0 bridgehead atoms. The van der Waals surface area contributed by atoms with E-state index in [1.165, 1.54) is 11.9 Å². The first kappa shape index (κ1) is 19.1. The Labute approximate surface area is 142 Å². The average molecular weight is 347 g/mol. The Hall–Kier alpha value is -1.28. The number of aliphatic imine (C=N–C) groups is 1. The molecule has 138 valence electrons. The molecule has 0 saturated carbocycles. The molecule has 1 N–H and O–H groups in total. The summed E-state index contributed by atoms with van der Waals surface area (Å²) in [7, 11) is 1.47. The zero-order chi connectivity index (χ0) is 17.6. The van der Waals surface area contributed by atoms with E-state index in [2.05, 4.69) is 32.3 Å². The van der Waals surface area contributed by atoms with Gasteiger partial charge in [0.2, 0.25) is 0 Å². The largest absolute Gasteiger partial charge is 0.401 e. The van der Waals surface area contributed by atoms with Crippen LogP contribution in [0.4, 0.5) is 13.2 Å². The van der Waals surface area contributed by atoms with Gasteiger partial charge in [0, 0.05) is 45.3 Å². The van der Waals surface area contributed by atoms with Crippen molar-refractivity contribution in [2.45, 2.75) is 25.6 Å². The standard InChI is InChI=1S/C16H28F3N5/c1-3-20-15(21-7-11-22(2)13-16(17,18)19)24-10-6-14(12-24)23-8-4-5-9-23/h4-5,14H,3,6-13H2,1-2H3,(H,20,21). The molecule has 0 aromatic carbocycles. The lowest BCUT2D eigenvalue weighted by atomic mass is 10.2. The molecule has 0 aliphatic carbocycles. The first-order valence-corrected chi connectivity index (χ1v) is 8.56. The van der Waals surface area contributed by atoms with Gasteiger partial charge in [0.1, 0.15) is 0 Å². The summed E-state index contributed by atoms with van der Waals surface area (Å²) < 4.78 is 37.0. The topological polar surface area (TPSA) is 34.1 Å². The van der Waals surface area contributed by atoms with Crippen molar-refractivity contribution in [3.05, 3.63) is 12.2 Å². The minimum atomic E-state index is -4.16. The van der Waals surface area contributed by atoms with Crippen LogP contribution in [0.2, 0.25) is 0 Å². The molecule has 5 nitrogen and oxygen atoms in total. The molecular weight excluding hydrogens is 319 g/mol. The molecule has 2 aliphatic heterocycles. The molecule has 2 heterocycles. The summed E-state index contributed by atoms with van der Waals surface area (Å²) in [5.41, 5.74) is 0. The Morgan fingerprint density at radius 3 is 2.67 bits per heavy atom. The summed E-state index contributed by atoms with van der Waals surface area (Å²) in [5.74, 6) is 0.813. The number of nitrogens with one attached hydrogen (secondary N) is 1. The highest BCUT2D eigenvalue weighted by Crippen LogP contribution is 2.18. The third kappa shape index (κ3) is 5.98. The Morgan fingerprint density at radius 2 is 2.04 bits per heavy atom. The molecule has 1 saturated heterocycles. The van der Waals surface area contributed by atoms with Crippen molar-refractivity contribution < 1.29 is 13.2 Å². The molecule has 0 aromatic heterocycles. The highest BCUT2D eigenvalue weighted by molar-refractivity contribution is 5.80. The highest BCUT2D eigenvalue weighted by atomic mass is 19.4. The molecule has 1 fully saturated rings. The second kappa shape index (κ2) is 8.71. The number of guanidine groups is 1. The number of halogens is 3. The van der Waals surface area contributed by atoms with Crippen molar-refractivity contribution in [1.82, 2.24) is 20.0 Å². The third-order valence-electron chi connectivity index (χ3n) is 4.35. The highest BCUT2D eigenvalue weighted by Gasteiger charge is 2.30. The SMILES string of the molecule is CCNC(=NCCN(C)CC(F)(F)F)N1CCC(N2CC=CC2)C1. The van der Waals surface area contributed by atoms with Crippen molar-refractivity contribution in [1.29, 1.82) is 0 Å². The lowest BCUT2D eigenvalue weighted by Crippen LogP contribution is -2.43. The number of hydrogen-bond donors (Lipinski definition) is 1. The van der Waals surface area contributed by atoms with Gasteiger partial charge in [-0.2, -0.15) is 13.2 Å². The van der Waals surface area contributed by atoms with Crippen LogP contribution in [-0.4, -0.2) is 92.3 Å². The van der Waals surface area contributed by atoms with Crippen molar-refractivity contribution >= 4 is 5.96 Å². The van der Waals surface area contributed by atoms with Gasteiger partial charge in [-0.15, -0.1) is 0 Å². The maximum absolute atomic E-state index is 12.3. The quantitative estimate of drug-likeness (QED) is 0.447. The van der Waals surface area contributed by atoms with Crippen molar-refractivity contribution in [2.24, 2.45) is 4.99 Å². The molecular formula is C16H28F3N5. The van der Waals surface area contributed by atoms with E-state index in [0.29, 0.717) is 19.1 Å². The fraction of sp³-hybridized carbons (Fsp3) is 0.812. The number of nitrogens with zero attached hydrogens (tertiary/aromatic N) is 4. The average Bonchev–Trinajstić information content (AvgIpc) is 3.15. The monoisotopic (exact) mass is 347 g/mol. The smallest absolute Gasteiger partial charge is 0.357 e. The molecule has 24 heavy (non-hydrogen) atoms. The van der Waals surface area contributed by atoms with E-state index < -0.39 is 12.7 Å². The Kier molecular flexibility index (Phi) is 6.91. The van der Waals surface area contributed by atoms with E-state index in [-0.39, 0.29) is 0 Å². The van der Waals surface area contributed by atoms with E-state index in [1.807, 2.05) is 6.92 Å². The van der Waals surface area contributed by atoms with E-state index in [9.17, 15) is 13.2 Å². The van der Waals surface area contributed by atoms with E-state index in [1.54, 1.807) is 0 Å². The van der Waals surface area contributed by atoms with Crippen molar-refractivity contribution in [2.75, 3.05) is 59.4 Å². The second-order valence-corrected chi connectivity index (χ2v) is 6.40. The van der Waals surface area contributed by atoms with Gasteiger partial charge in [-0.25, -0.2) is 0 Å². The van der Waals surface area contributed by atoms with Crippen LogP contribution < -0.4 is 5.32 Å². The molecule has 2 rings (SSSR count). The minimum absolute atomic E-state index is 0.293. The van der Waals surface area contributed by atoms with Gasteiger partial charge in [-0.1, -0.05) is 12.2 Å². The number of likely N-dealkylation sites (tertiary alicyclic amines) is 1. The summed E-state index contributed by atoms with van der Waals surface area (Å²) >= 11 is 0. The maximum Gasteiger partial charge on any atom is 0.401 e. The van der Waals surface area contributed by atoms with E-state index >= 15 is 0 Å². The Morgan fingerprint density at radius 1 is 1.33 bits per heavy atom. The lowest BCUT2D eigenvalue weighted by Gasteiger charge is -2.25. The number of alkyl halides is 3. The maximum atomic E-state index is 12.3. The van der Waals surface area contributed by atoms with Crippen LogP contribution in [0.25, 0.3) is 0 Å². The molecule has 2 aliphatic rings. The van der Waals surface area contributed by atoms with Gasteiger partial charge < -0.3 is 10.2 Å². The van der Waals surface area contributed by atoms with Crippen molar-refractivity contribution in [3.63, 3.8) is 0 Å². The lowest BCUT2D eigenvalue weighted by molar-refractivity contribution is -0.142. The van der Waals surface area contributed by atoms with Gasteiger partial charge in [-0.05, 0) is 20.4 Å². The molecule has 1 unspecified atom stereocenters. The zero-order valence-corrected chi connectivity index (χ0v) is 14.5. The van der Waals surface area contributed by atoms with Gasteiger partial charge >= 0.3 is 6.18 Å². The summed E-state index contributed by atoms with van der Waals surface area (Å²) in [6.45, 7) is 6.39. The van der Waals surface area contributed by atoms with Crippen LogP contribution in [0, 0.1) is 0 Å². The van der Waals surface area contributed by atoms with Gasteiger partial charge in [0.25, 0.3) is 0 Å². The Bertz CT molecular complexity index is 441. The van der Waals surface area contributed by atoms with Crippen LogP contribution >= 0.6 is 0 Å². The molecule has 0 aromatic rings. The normalized spacial score (nSPS) is 22.8.